The number of amides is 1. The molecule has 8 heteroatoms. The fourth-order valence-electron chi connectivity index (χ4n) is 3.73. The number of carbonyl (C=O) groups is 2. The highest BCUT2D eigenvalue weighted by atomic mass is 35.5. The average molecular weight is 461 g/mol. The van der Waals surface area contributed by atoms with Crippen LogP contribution in [0.3, 0.4) is 0 Å². The van der Waals surface area contributed by atoms with Gasteiger partial charge in [-0.15, -0.1) is 0 Å². The molecule has 1 aliphatic heterocycles. The van der Waals surface area contributed by atoms with Crippen molar-refractivity contribution in [2.24, 2.45) is 0 Å². The van der Waals surface area contributed by atoms with Gasteiger partial charge in [-0.2, -0.15) is 5.26 Å². The minimum absolute atomic E-state index is 0.00455. The Hall–Kier alpha value is -4.28. The molecule has 2 N–H and O–H groups in total. The molecule has 1 atom stereocenters. The number of ether oxygens (including phenoxy) is 1. The molecule has 3 aromatic rings. The molecule has 0 spiro atoms. The number of ketones is 1. The van der Waals surface area contributed by atoms with Gasteiger partial charge in [-0.1, -0.05) is 23.7 Å². The zero-order chi connectivity index (χ0) is 23.7. The predicted molar refractivity (Wildman–Crippen MR) is 122 cm³/mol. The van der Waals surface area contributed by atoms with Crippen molar-refractivity contribution in [1.29, 1.82) is 5.26 Å². The molecule has 3 aromatic carbocycles. The summed E-state index contributed by atoms with van der Waals surface area (Å²) >= 11 is 6.29. The molecule has 164 valence electrons. The molecule has 1 aliphatic rings. The Kier molecular flexibility index (Phi) is 5.78. The molecular formula is C25H17ClN2O5. The van der Waals surface area contributed by atoms with Crippen LogP contribution in [0.4, 0.5) is 5.69 Å². The van der Waals surface area contributed by atoms with Crippen LogP contribution in [0, 0.1) is 11.3 Å². The fourth-order valence-corrected chi connectivity index (χ4v) is 3.93. The van der Waals surface area contributed by atoms with Crippen molar-refractivity contribution in [3.63, 3.8) is 0 Å². The van der Waals surface area contributed by atoms with Gasteiger partial charge in [-0.3, -0.25) is 14.5 Å². The van der Waals surface area contributed by atoms with Crippen LogP contribution in [-0.4, -0.2) is 29.0 Å². The van der Waals surface area contributed by atoms with E-state index in [-0.39, 0.29) is 21.9 Å². The number of Topliss-reactive ketones (excluding diaryl/α,β-unsaturated/α-hetero) is 1. The van der Waals surface area contributed by atoms with E-state index in [1.54, 1.807) is 30.3 Å². The lowest BCUT2D eigenvalue weighted by atomic mass is 9.95. The number of phenolic OH excluding ortho intramolecular Hbond substituents is 1. The first-order chi connectivity index (χ1) is 15.8. The SMILES string of the molecule is COc1ccc(Cl)c(/C(O)=C2\C(=O)C(=O)N(c3ccc(C#N)cc3)C2c2ccc(O)cc2)c1. The zero-order valence-electron chi connectivity index (χ0n) is 17.3. The number of hydrogen-bond donors (Lipinski definition) is 2. The van der Waals surface area contributed by atoms with Crippen molar-refractivity contribution in [3.05, 3.63) is 94.0 Å². The van der Waals surface area contributed by atoms with Gasteiger partial charge in [0.1, 0.15) is 17.3 Å². The second-order valence-corrected chi connectivity index (χ2v) is 7.67. The summed E-state index contributed by atoms with van der Waals surface area (Å²) in [5.74, 6) is -1.79. The van der Waals surface area contributed by atoms with E-state index in [0.717, 1.165) is 0 Å². The van der Waals surface area contributed by atoms with Gasteiger partial charge in [-0.25, -0.2) is 0 Å². The molecule has 0 radical (unpaired) electrons. The topological polar surface area (TPSA) is 111 Å². The first-order valence-corrected chi connectivity index (χ1v) is 10.2. The molecule has 0 saturated carbocycles. The number of aromatic hydroxyl groups is 1. The molecule has 4 rings (SSSR count). The van der Waals surface area contributed by atoms with Crippen molar-refractivity contribution >= 4 is 34.7 Å². The molecule has 7 nitrogen and oxygen atoms in total. The van der Waals surface area contributed by atoms with Gasteiger partial charge >= 0.3 is 0 Å². The maximum absolute atomic E-state index is 13.2. The van der Waals surface area contributed by atoms with E-state index in [9.17, 15) is 19.8 Å². The Bertz CT molecular complexity index is 1320. The average Bonchev–Trinajstić information content (AvgIpc) is 3.10. The minimum Gasteiger partial charge on any atom is -0.508 e. The van der Waals surface area contributed by atoms with E-state index in [1.165, 1.54) is 48.4 Å². The third-order valence-electron chi connectivity index (χ3n) is 5.36. The largest absolute Gasteiger partial charge is 0.508 e. The Morgan fingerprint density at radius 1 is 1.06 bits per heavy atom. The number of benzene rings is 3. The lowest BCUT2D eigenvalue weighted by Crippen LogP contribution is -2.29. The number of rotatable bonds is 4. The summed E-state index contributed by atoms with van der Waals surface area (Å²) in [6.45, 7) is 0. The normalized spacial score (nSPS) is 17.1. The zero-order valence-corrected chi connectivity index (χ0v) is 18.1. The lowest BCUT2D eigenvalue weighted by Gasteiger charge is -2.25. The summed E-state index contributed by atoms with van der Waals surface area (Å²) in [5.41, 5.74) is 1.21. The molecular weight excluding hydrogens is 444 g/mol. The van der Waals surface area contributed by atoms with Crippen LogP contribution in [0.2, 0.25) is 5.02 Å². The van der Waals surface area contributed by atoms with E-state index in [4.69, 9.17) is 21.6 Å². The number of anilines is 1. The van der Waals surface area contributed by atoms with Gasteiger partial charge in [0.15, 0.2) is 0 Å². The highest BCUT2D eigenvalue weighted by Gasteiger charge is 2.47. The van der Waals surface area contributed by atoms with Crippen LogP contribution in [0.1, 0.15) is 22.7 Å². The summed E-state index contributed by atoms with van der Waals surface area (Å²) in [6, 6.07) is 17.7. The second kappa shape index (κ2) is 8.69. The van der Waals surface area contributed by atoms with Gasteiger partial charge < -0.3 is 14.9 Å². The Labute approximate surface area is 194 Å². The van der Waals surface area contributed by atoms with Crippen LogP contribution >= 0.6 is 11.6 Å². The molecule has 1 fully saturated rings. The van der Waals surface area contributed by atoms with Gasteiger partial charge in [0.2, 0.25) is 0 Å². The molecule has 0 bridgehead atoms. The Morgan fingerprint density at radius 2 is 1.73 bits per heavy atom. The lowest BCUT2D eigenvalue weighted by molar-refractivity contribution is -0.132. The van der Waals surface area contributed by atoms with E-state index >= 15 is 0 Å². The Morgan fingerprint density at radius 3 is 2.33 bits per heavy atom. The summed E-state index contributed by atoms with van der Waals surface area (Å²) in [4.78, 5) is 27.5. The number of nitrogens with zero attached hydrogens (tertiary/aromatic N) is 2. The first-order valence-electron chi connectivity index (χ1n) is 9.79. The van der Waals surface area contributed by atoms with Gasteiger partial charge in [-0.05, 0) is 60.2 Å². The number of phenols is 1. The standard InChI is InChI=1S/C25H17ClN2O5/c1-33-18-10-11-20(26)19(12-18)23(30)21-22(15-4-8-17(29)9-5-15)28(25(32)24(21)31)16-6-2-14(13-27)3-7-16/h2-12,22,29-30H,1H3/b23-21+. The van der Waals surface area contributed by atoms with Crippen LogP contribution in [0.25, 0.3) is 5.76 Å². The fraction of sp³-hybridized carbons (Fsp3) is 0.0800. The predicted octanol–water partition coefficient (Wildman–Crippen LogP) is 4.55. The van der Waals surface area contributed by atoms with Crippen molar-refractivity contribution in [3.8, 4) is 17.6 Å². The number of aliphatic hydroxyl groups is 1. The van der Waals surface area contributed by atoms with Crippen LogP contribution in [-0.2, 0) is 9.59 Å². The second-order valence-electron chi connectivity index (χ2n) is 7.27. The third kappa shape index (κ3) is 3.88. The minimum atomic E-state index is -0.999. The molecule has 1 heterocycles. The van der Waals surface area contributed by atoms with E-state index in [1.807, 2.05) is 6.07 Å². The highest BCUT2D eigenvalue weighted by Crippen LogP contribution is 2.43. The highest BCUT2D eigenvalue weighted by molar-refractivity contribution is 6.52. The smallest absolute Gasteiger partial charge is 0.300 e. The first kappa shape index (κ1) is 21.9. The van der Waals surface area contributed by atoms with E-state index < -0.39 is 23.5 Å². The summed E-state index contributed by atoms with van der Waals surface area (Å²) in [7, 11) is 1.45. The molecule has 33 heavy (non-hydrogen) atoms. The van der Waals surface area contributed by atoms with Gasteiger partial charge in [0, 0.05) is 11.3 Å². The molecule has 0 aliphatic carbocycles. The number of nitriles is 1. The Balaban J connectivity index is 1.96. The molecule has 1 unspecified atom stereocenters. The van der Waals surface area contributed by atoms with E-state index in [2.05, 4.69) is 0 Å². The summed E-state index contributed by atoms with van der Waals surface area (Å²) < 4.78 is 5.20. The number of aliphatic hydroxyl groups excluding tert-OH is 1. The van der Waals surface area contributed by atoms with Gasteiger partial charge in [0.05, 0.1) is 35.4 Å². The molecule has 1 saturated heterocycles. The van der Waals surface area contributed by atoms with Crippen molar-refractivity contribution in [1.82, 2.24) is 0 Å². The van der Waals surface area contributed by atoms with Crippen LogP contribution in [0.15, 0.2) is 72.3 Å². The third-order valence-corrected chi connectivity index (χ3v) is 5.69. The van der Waals surface area contributed by atoms with Crippen LogP contribution < -0.4 is 9.64 Å². The monoisotopic (exact) mass is 460 g/mol. The number of hydrogen-bond acceptors (Lipinski definition) is 6. The quantitative estimate of drug-likeness (QED) is 0.335. The van der Waals surface area contributed by atoms with Crippen molar-refractivity contribution in [2.45, 2.75) is 6.04 Å². The van der Waals surface area contributed by atoms with Crippen LogP contribution in [0.5, 0.6) is 11.5 Å². The van der Waals surface area contributed by atoms with Gasteiger partial charge in [0.25, 0.3) is 11.7 Å². The molecule has 0 aromatic heterocycles. The van der Waals surface area contributed by atoms with Crippen molar-refractivity contribution in [2.75, 3.05) is 12.0 Å². The van der Waals surface area contributed by atoms with Crippen molar-refractivity contribution < 1.29 is 24.5 Å². The maximum Gasteiger partial charge on any atom is 0.300 e. The number of halogens is 1. The maximum atomic E-state index is 13.2. The van der Waals surface area contributed by atoms with E-state index in [0.29, 0.717) is 22.6 Å². The number of carbonyl (C=O) groups excluding carboxylic acids is 2. The molecule has 1 amide bonds. The summed E-state index contributed by atoms with van der Waals surface area (Å²) in [5, 5.41) is 30.2. The number of methoxy groups -OCH3 is 1. The summed E-state index contributed by atoms with van der Waals surface area (Å²) in [6.07, 6.45) is 0.